The zero-order chi connectivity index (χ0) is 13.7. The van der Waals surface area contributed by atoms with Gasteiger partial charge in [0.1, 0.15) is 0 Å². The molecule has 98 valence electrons. The molecule has 0 fully saturated rings. The highest BCUT2D eigenvalue weighted by Crippen LogP contribution is 2.15. The number of carbonyl (C=O) groups excluding carboxylic acids is 1. The Balaban J connectivity index is 2.22. The van der Waals surface area contributed by atoms with E-state index in [9.17, 15) is 9.18 Å². The number of aromatic nitrogens is 4. The van der Waals surface area contributed by atoms with Crippen molar-refractivity contribution >= 4 is 17.7 Å². The molecule has 0 aliphatic carbocycles. The molecule has 19 heavy (non-hydrogen) atoms. The maximum absolute atomic E-state index is 14.0. The van der Waals surface area contributed by atoms with Crippen molar-refractivity contribution in [2.45, 2.75) is 6.92 Å². The lowest BCUT2D eigenvalue weighted by Crippen LogP contribution is -2.17. The molecule has 2 N–H and O–H groups in total. The fourth-order valence-corrected chi connectivity index (χ4v) is 1.38. The molecule has 0 radical (unpaired) electrons. The Morgan fingerprint density at radius 2 is 2.16 bits per heavy atom. The Bertz CT molecular complexity index is 577. The molecule has 2 aromatic heterocycles. The Hall–Kier alpha value is -2.64. The van der Waals surface area contributed by atoms with Gasteiger partial charge in [-0.05, 0) is 13.0 Å². The molecule has 7 nitrogen and oxygen atoms in total. The van der Waals surface area contributed by atoms with E-state index in [1.807, 2.05) is 0 Å². The molecule has 0 unspecified atom stereocenters. The summed E-state index contributed by atoms with van der Waals surface area (Å²) in [5, 5.41) is 12.2. The van der Waals surface area contributed by atoms with E-state index >= 15 is 0 Å². The Labute approximate surface area is 108 Å². The molecule has 1 amide bonds. The maximum atomic E-state index is 14.0. The standard InChI is InChI=1S/C11H11FN6O/c1-2-13-9-8(12)7(3-4-14-9)10(19)17-11-15-5-6-16-18-11/h3-6H,2H2,1H3,(H,13,14)(H,15,17,18,19). The lowest BCUT2D eigenvalue weighted by atomic mass is 10.2. The summed E-state index contributed by atoms with van der Waals surface area (Å²) in [4.78, 5) is 19.5. The molecule has 0 saturated heterocycles. The topological polar surface area (TPSA) is 92.7 Å². The van der Waals surface area contributed by atoms with Crippen LogP contribution < -0.4 is 10.6 Å². The van der Waals surface area contributed by atoms with Crippen molar-refractivity contribution in [1.29, 1.82) is 0 Å². The summed E-state index contributed by atoms with van der Waals surface area (Å²) < 4.78 is 14.0. The predicted molar refractivity (Wildman–Crippen MR) is 66.1 cm³/mol. The minimum Gasteiger partial charge on any atom is -0.368 e. The van der Waals surface area contributed by atoms with Crippen molar-refractivity contribution < 1.29 is 9.18 Å². The highest BCUT2D eigenvalue weighted by atomic mass is 19.1. The first-order valence-corrected chi connectivity index (χ1v) is 5.55. The average molecular weight is 262 g/mol. The van der Waals surface area contributed by atoms with Crippen LogP contribution in [0.1, 0.15) is 17.3 Å². The van der Waals surface area contributed by atoms with Crippen LogP contribution in [0, 0.1) is 5.82 Å². The SMILES string of the molecule is CCNc1nccc(C(=O)Nc2nccnn2)c1F. The highest BCUT2D eigenvalue weighted by molar-refractivity contribution is 6.03. The second-order valence-corrected chi connectivity index (χ2v) is 3.47. The third kappa shape index (κ3) is 2.97. The van der Waals surface area contributed by atoms with Crippen molar-refractivity contribution in [3.05, 3.63) is 36.0 Å². The van der Waals surface area contributed by atoms with Gasteiger partial charge >= 0.3 is 0 Å². The molecule has 2 heterocycles. The number of pyridine rings is 1. The summed E-state index contributed by atoms with van der Waals surface area (Å²) in [6.07, 6.45) is 4.08. The first-order valence-electron chi connectivity index (χ1n) is 5.55. The number of amides is 1. The number of nitrogens with zero attached hydrogens (tertiary/aromatic N) is 4. The molecule has 0 saturated carbocycles. The summed E-state index contributed by atoms with van der Waals surface area (Å²) in [5.41, 5.74) is -0.140. The third-order valence-electron chi connectivity index (χ3n) is 2.19. The lowest BCUT2D eigenvalue weighted by Gasteiger charge is -2.07. The van der Waals surface area contributed by atoms with Crippen LogP contribution in [-0.4, -0.2) is 32.6 Å². The number of rotatable bonds is 4. The van der Waals surface area contributed by atoms with Gasteiger partial charge in [-0.1, -0.05) is 0 Å². The predicted octanol–water partition coefficient (Wildman–Crippen LogP) is 1.09. The van der Waals surface area contributed by atoms with E-state index in [2.05, 4.69) is 30.8 Å². The quantitative estimate of drug-likeness (QED) is 0.856. The van der Waals surface area contributed by atoms with Crippen LogP contribution >= 0.6 is 0 Å². The van der Waals surface area contributed by atoms with E-state index in [1.165, 1.54) is 24.7 Å². The Morgan fingerprint density at radius 1 is 1.32 bits per heavy atom. The molecule has 0 bridgehead atoms. The van der Waals surface area contributed by atoms with Crippen molar-refractivity contribution in [1.82, 2.24) is 20.2 Å². The zero-order valence-electron chi connectivity index (χ0n) is 10.1. The fourth-order valence-electron chi connectivity index (χ4n) is 1.38. The average Bonchev–Trinajstić information content (AvgIpc) is 2.42. The number of hydrogen-bond acceptors (Lipinski definition) is 6. The largest absolute Gasteiger partial charge is 0.368 e. The van der Waals surface area contributed by atoms with Crippen molar-refractivity contribution in [2.75, 3.05) is 17.2 Å². The molecule has 2 rings (SSSR count). The highest BCUT2D eigenvalue weighted by Gasteiger charge is 2.16. The van der Waals surface area contributed by atoms with E-state index in [-0.39, 0.29) is 17.3 Å². The first kappa shape index (κ1) is 12.8. The van der Waals surface area contributed by atoms with Gasteiger partial charge in [-0.25, -0.2) is 14.4 Å². The Morgan fingerprint density at radius 3 is 2.84 bits per heavy atom. The van der Waals surface area contributed by atoms with Crippen LogP contribution in [0.2, 0.25) is 0 Å². The van der Waals surface area contributed by atoms with Gasteiger partial charge in [-0.15, -0.1) is 5.10 Å². The number of halogens is 1. The summed E-state index contributed by atoms with van der Waals surface area (Å²) >= 11 is 0. The first-order chi connectivity index (χ1) is 9.22. The van der Waals surface area contributed by atoms with Crippen LogP contribution in [0.3, 0.4) is 0 Å². The van der Waals surface area contributed by atoms with Gasteiger partial charge in [-0.3, -0.25) is 10.1 Å². The molecule has 0 aliphatic rings. The van der Waals surface area contributed by atoms with Crippen LogP contribution in [-0.2, 0) is 0 Å². The number of carbonyl (C=O) groups is 1. The van der Waals surface area contributed by atoms with Crippen molar-refractivity contribution in [3.63, 3.8) is 0 Å². The van der Waals surface area contributed by atoms with E-state index in [0.29, 0.717) is 6.54 Å². The minimum atomic E-state index is -0.717. The molecule has 0 atom stereocenters. The lowest BCUT2D eigenvalue weighted by molar-refractivity contribution is 0.102. The van der Waals surface area contributed by atoms with Crippen LogP contribution in [0.15, 0.2) is 24.7 Å². The van der Waals surface area contributed by atoms with Gasteiger partial charge in [-0.2, -0.15) is 5.10 Å². The van der Waals surface area contributed by atoms with Gasteiger partial charge in [0.15, 0.2) is 11.6 Å². The van der Waals surface area contributed by atoms with Gasteiger partial charge in [0.25, 0.3) is 5.91 Å². The summed E-state index contributed by atoms with van der Waals surface area (Å²) in [5.74, 6) is -1.34. The van der Waals surface area contributed by atoms with Gasteiger partial charge < -0.3 is 5.32 Å². The van der Waals surface area contributed by atoms with Gasteiger partial charge in [0.2, 0.25) is 5.95 Å². The minimum absolute atomic E-state index is 0.00807. The van der Waals surface area contributed by atoms with E-state index < -0.39 is 11.7 Å². The molecule has 8 heteroatoms. The number of hydrogen-bond donors (Lipinski definition) is 2. The monoisotopic (exact) mass is 262 g/mol. The number of anilines is 2. The molecular weight excluding hydrogens is 251 g/mol. The van der Waals surface area contributed by atoms with Crippen molar-refractivity contribution in [2.24, 2.45) is 0 Å². The van der Waals surface area contributed by atoms with Crippen LogP contribution in [0.25, 0.3) is 0 Å². The third-order valence-corrected chi connectivity index (χ3v) is 2.19. The smallest absolute Gasteiger partial charge is 0.261 e. The van der Waals surface area contributed by atoms with E-state index in [4.69, 9.17) is 0 Å². The molecular formula is C11H11FN6O. The summed E-state index contributed by atoms with van der Waals surface area (Å²) in [6.45, 7) is 2.30. The zero-order valence-corrected chi connectivity index (χ0v) is 10.1. The van der Waals surface area contributed by atoms with Gasteiger partial charge in [0.05, 0.1) is 18.0 Å². The fraction of sp³-hybridized carbons (Fsp3) is 0.182. The molecule has 2 aromatic rings. The van der Waals surface area contributed by atoms with E-state index in [1.54, 1.807) is 6.92 Å². The summed E-state index contributed by atoms with van der Waals surface area (Å²) in [7, 11) is 0. The van der Waals surface area contributed by atoms with Crippen LogP contribution in [0.4, 0.5) is 16.2 Å². The maximum Gasteiger partial charge on any atom is 0.261 e. The van der Waals surface area contributed by atoms with E-state index in [0.717, 1.165) is 0 Å². The molecule has 0 aromatic carbocycles. The molecule has 0 spiro atoms. The Kier molecular flexibility index (Phi) is 3.91. The normalized spacial score (nSPS) is 10.0. The number of nitrogens with one attached hydrogen (secondary N) is 2. The van der Waals surface area contributed by atoms with Gasteiger partial charge in [0, 0.05) is 12.7 Å². The molecule has 0 aliphatic heterocycles. The van der Waals surface area contributed by atoms with Crippen LogP contribution in [0.5, 0.6) is 0 Å². The summed E-state index contributed by atoms with van der Waals surface area (Å²) in [6, 6.07) is 1.28. The van der Waals surface area contributed by atoms with Crippen molar-refractivity contribution in [3.8, 4) is 0 Å². The second-order valence-electron chi connectivity index (χ2n) is 3.47. The second kappa shape index (κ2) is 5.80.